The van der Waals surface area contributed by atoms with E-state index in [1.807, 2.05) is 0 Å². The molecule has 0 atom stereocenters. The molecule has 4 heteroatoms. The normalized spacial score (nSPS) is 10.9. The number of nitrogens with two attached hydrogens (primary N) is 1. The lowest BCUT2D eigenvalue weighted by atomic mass is 10.2. The van der Waals surface area contributed by atoms with Gasteiger partial charge in [-0.1, -0.05) is 32.6 Å². The fourth-order valence-electron chi connectivity index (χ4n) is 1.01. The van der Waals surface area contributed by atoms with Gasteiger partial charge < -0.3 is 5.73 Å². The molecule has 0 aromatic carbocycles. The van der Waals surface area contributed by atoms with Crippen molar-refractivity contribution in [1.29, 1.82) is 5.26 Å². The smallest absolute Gasteiger partial charge is 0.202 e. The number of hydrogen-bond acceptors (Lipinski definition) is 2. The molecule has 0 aliphatic heterocycles. The van der Waals surface area contributed by atoms with Gasteiger partial charge in [0.15, 0.2) is 6.19 Å². The third-order valence-corrected chi connectivity index (χ3v) is 1.73. The highest BCUT2D eigenvalue weighted by Gasteiger charge is 1.89. The number of hydrogen-bond donors (Lipinski definition) is 2. The maximum absolute atomic E-state index is 8.19. The first-order chi connectivity index (χ1) is 6.31. The van der Waals surface area contributed by atoms with Crippen molar-refractivity contribution in [2.75, 3.05) is 6.54 Å². The van der Waals surface area contributed by atoms with Gasteiger partial charge in [-0.3, -0.25) is 10.3 Å². The summed E-state index contributed by atoms with van der Waals surface area (Å²) < 4.78 is 0. The van der Waals surface area contributed by atoms with Crippen LogP contribution < -0.4 is 11.1 Å². The minimum Gasteiger partial charge on any atom is -0.369 e. The first kappa shape index (κ1) is 11.8. The Kier molecular flexibility index (Phi) is 8.01. The van der Waals surface area contributed by atoms with Crippen molar-refractivity contribution in [2.45, 2.75) is 39.0 Å². The van der Waals surface area contributed by atoms with Gasteiger partial charge in [0.2, 0.25) is 5.96 Å². The molecule has 0 heterocycles. The lowest BCUT2D eigenvalue weighted by Gasteiger charge is -1.97. The summed E-state index contributed by atoms with van der Waals surface area (Å²) in [6.45, 7) is 2.90. The Labute approximate surface area is 79.8 Å². The summed E-state index contributed by atoms with van der Waals surface area (Å²) in [5.74, 6) is 0.220. The molecule has 0 saturated carbocycles. The van der Waals surface area contributed by atoms with E-state index in [9.17, 15) is 0 Å². The zero-order valence-corrected chi connectivity index (χ0v) is 8.21. The molecule has 0 spiro atoms. The van der Waals surface area contributed by atoms with E-state index in [4.69, 9.17) is 11.0 Å². The molecule has 0 fully saturated rings. The van der Waals surface area contributed by atoms with E-state index in [2.05, 4.69) is 17.2 Å². The molecule has 0 rings (SSSR count). The summed E-state index contributed by atoms with van der Waals surface area (Å²) in [6.07, 6.45) is 7.76. The van der Waals surface area contributed by atoms with Crippen LogP contribution in [0.4, 0.5) is 0 Å². The third kappa shape index (κ3) is 8.67. The van der Waals surface area contributed by atoms with Crippen LogP contribution in [0.25, 0.3) is 0 Å². The first-order valence-corrected chi connectivity index (χ1v) is 4.76. The monoisotopic (exact) mass is 182 g/mol. The van der Waals surface area contributed by atoms with Gasteiger partial charge in [0, 0.05) is 6.54 Å². The number of nitrogens with one attached hydrogen (secondary N) is 1. The van der Waals surface area contributed by atoms with E-state index in [0.717, 1.165) is 6.42 Å². The standard InChI is InChI=1S/C9H18N4/c1-2-3-4-5-6-7-12-9(11)13-8-10/h2-7H2,1H3,(H3,11,12,13). The average Bonchev–Trinajstić information content (AvgIpc) is 2.11. The predicted molar refractivity (Wildman–Crippen MR) is 54.0 cm³/mol. The van der Waals surface area contributed by atoms with Crippen molar-refractivity contribution >= 4 is 5.96 Å². The van der Waals surface area contributed by atoms with Crippen molar-refractivity contribution in [3.05, 3.63) is 0 Å². The van der Waals surface area contributed by atoms with Crippen molar-refractivity contribution in [2.24, 2.45) is 10.7 Å². The lowest BCUT2D eigenvalue weighted by Crippen LogP contribution is -2.27. The van der Waals surface area contributed by atoms with E-state index < -0.39 is 0 Å². The van der Waals surface area contributed by atoms with E-state index in [1.165, 1.54) is 25.7 Å². The first-order valence-electron chi connectivity index (χ1n) is 4.76. The van der Waals surface area contributed by atoms with Crippen LogP contribution in [-0.4, -0.2) is 12.5 Å². The molecule has 74 valence electrons. The topological polar surface area (TPSA) is 74.2 Å². The lowest BCUT2D eigenvalue weighted by molar-refractivity contribution is 0.638. The van der Waals surface area contributed by atoms with Gasteiger partial charge in [0.05, 0.1) is 0 Å². The van der Waals surface area contributed by atoms with Gasteiger partial charge in [0.1, 0.15) is 0 Å². The quantitative estimate of drug-likeness (QED) is 0.214. The molecule has 3 N–H and O–H groups in total. The highest BCUT2D eigenvalue weighted by Crippen LogP contribution is 2.01. The largest absolute Gasteiger partial charge is 0.369 e. The van der Waals surface area contributed by atoms with Gasteiger partial charge in [-0.25, -0.2) is 0 Å². The van der Waals surface area contributed by atoms with E-state index in [1.54, 1.807) is 6.19 Å². The van der Waals surface area contributed by atoms with Crippen molar-refractivity contribution < 1.29 is 0 Å². The van der Waals surface area contributed by atoms with E-state index in [-0.39, 0.29) is 5.96 Å². The third-order valence-electron chi connectivity index (χ3n) is 1.73. The Bertz CT molecular complexity index is 181. The number of rotatable bonds is 6. The zero-order valence-electron chi connectivity index (χ0n) is 8.21. The number of guanidine groups is 1. The highest BCUT2D eigenvalue weighted by atomic mass is 15.1. The molecule has 0 bridgehead atoms. The van der Waals surface area contributed by atoms with Crippen molar-refractivity contribution in [3.8, 4) is 6.19 Å². The fraction of sp³-hybridized carbons (Fsp3) is 0.778. The second kappa shape index (κ2) is 8.85. The van der Waals surface area contributed by atoms with E-state index in [0.29, 0.717) is 6.54 Å². The maximum Gasteiger partial charge on any atom is 0.202 e. The second-order valence-corrected chi connectivity index (χ2v) is 2.92. The number of aliphatic imine (C=N–C) groups is 1. The highest BCUT2D eigenvalue weighted by molar-refractivity contribution is 5.79. The summed E-state index contributed by atoms with van der Waals surface area (Å²) >= 11 is 0. The van der Waals surface area contributed by atoms with Crippen LogP contribution >= 0.6 is 0 Å². The van der Waals surface area contributed by atoms with Gasteiger partial charge in [-0.15, -0.1) is 0 Å². The number of nitrogens with zero attached hydrogens (tertiary/aromatic N) is 2. The molecule has 0 amide bonds. The average molecular weight is 182 g/mol. The molecule has 0 aliphatic rings. The Morgan fingerprint density at radius 2 is 2.08 bits per heavy atom. The summed E-state index contributed by atoms with van der Waals surface area (Å²) in [6, 6.07) is 0. The molecule has 0 aromatic heterocycles. The van der Waals surface area contributed by atoms with E-state index >= 15 is 0 Å². The van der Waals surface area contributed by atoms with Gasteiger partial charge in [0.25, 0.3) is 0 Å². The minimum atomic E-state index is 0.220. The van der Waals surface area contributed by atoms with Crippen LogP contribution in [-0.2, 0) is 0 Å². The fourth-order valence-corrected chi connectivity index (χ4v) is 1.01. The molecule has 0 unspecified atom stereocenters. The Hall–Kier alpha value is -1.24. The summed E-state index contributed by atoms with van der Waals surface area (Å²) in [5, 5.41) is 10.5. The van der Waals surface area contributed by atoms with Gasteiger partial charge >= 0.3 is 0 Å². The number of nitriles is 1. The van der Waals surface area contributed by atoms with Crippen LogP contribution in [0.15, 0.2) is 4.99 Å². The molecule has 4 nitrogen and oxygen atoms in total. The summed E-state index contributed by atoms with van der Waals surface area (Å²) in [4.78, 5) is 3.97. The van der Waals surface area contributed by atoms with Gasteiger partial charge in [-0.2, -0.15) is 5.26 Å². The molecule has 0 aliphatic carbocycles. The molecule has 0 saturated heterocycles. The van der Waals surface area contributed by atoms with Crippen LogP contribution in [0, 0.1) is 11.5 Å². The minimum absolute atomic E-state index is 0.220. The van der Waals surface area contributed by atoms with Crippen molar-refractivity contribution in [1.82, 2.24) is 5.32 Å². The predicted octanol–water partition coefficient (Wildman–Crippen LogP) is 1.34. The van der Waals surface area contributed by atoms with Crippen LogP contribution in [0.2, 0.25) is 0 Å². The molecular formula is C9H18N4. The van der Waals surface area contributed by atoms with Crippen LogP contribution in [0.5, 0.6) is 0 Å². The van der Waals surface area contributed by atoms with Crippen LogP contribution in [0.3, 0.4) is 0 Å². The zero-order chi connectivity index (χ0) is 9.94. The molecule has 0 aromatic rings. The SMILES string of the molecule is CCCCCCCN=C(N)NC#N. The van der Waals surface area contributed by atoms with Crippen molar-refractivity contribution in [3.63, 3.8) is 0 Å². The van der Waals surface area contributed by atoms with Crippen LogP contribution in [0.1, 0.15) is 39.0 Å². The Morgan fingerprint density at radius 1 is 1.38 bits per heavy atom. The van der Waals surface area contributed by atoms with Gasteiger partial charge in [-0.05, 0) is 6.42 Å². The summed E-state index contributed by atoms with van der Waals surface area (Å²) in [5.41, 5.74) is 5.34. The molecule has 13 heavy (non-hydrogen) atoms. The summed E-state index contributed by atoms with van der Waals surface area (Å²) in [7, 11) is 0. The Balaban J connectivity index is 3.24. The Morgan fingerprint density at radius 3 is 2.69 bits per heavy atom. The second-order valence-electron chi connectivity index (χ2n) is 2.92. The number of unbranched alkanes of at least 4 members (excludes halogenated alkanes) is 4. The maximum atomic E-state index is 8.19. The molecule has 0 radical (unpaired) electrons. The molecular weight excluding hydrogens is 164 g/mol.